The second kappa shape index (κ2) is 7.25. The summed E-state index contributed by atoms with van der Waals surface area (Å²) in [4.78, 5) is 0. The van der Waals surface area contributed by atoms with Gasteiger partial charge in [0.25, 0.3) is 0 Å². The predicted octanol–water partition coefficient (Wildman–Crippen LogP) is 2.78. The van der Waals surface area contributed by atoms with E-state index in [4.69, 9.17) is 16.3 Å². The van der Waals surface area contributed by atoms with Gasteiger partial charge >= 0.3 is 0 Å². The van der Waals surface area contributed by atoms with E-state index in [-0.39, 0.29) is 6.04 Å². The minimum atomic E-state index is -0.458. The van der Waals surface area contributed by atoms with Crippen LogP contribution in [0.3, 0.4) is 0 Å². The number of rotatable bonds is 8. The van der Waals surface area contributed by atoms with Crippen molar-refractivity contribution in [2.75, 3.05) is 19.8 Å². The van der Waals surface area contributed by atoms with Crippen molar-refractivity contribution in [3.8, 4) is 0 Å². The summed E-state index contributed by atoms with van der Waals surface area (Å²) in [6.45, 7) is 3.79. The van der Waals surface area contributed by atoms with E-state index in [2.05, 4.69) is 12.2 Å². The SMILES string of the molecule is C[C@@H](NCC(O)COCC1CC1)c1cccc(Cl)c1. The number of ether oxygens (including phenoxy) is 1. The minimum Gasteiger partial charge on any atom is -0.389 e. The number of halogens is 1. The zero-order valence-electron chi connectivity index (χ0n) is 11.3. The van der Waals surface area contributed by atoms with Crippen molar-refractivity contribution in [3.05, 3.63) is 34.9 Å². The molecule has 1 unspecified atom stereocenters. The summed E-state index contributed by atoms with van der Waals surface area (Å²) in [5, 5.41) is 13.8. The van der Waals surface area contributed by atoms with Crippen LogP contribution in [0.25, 0.3) is 0 Å². The van der Waals surface area contributed by atoms with Crippen molar-refractivity contribution >= 4 is 11.6 Å². The van der Waals surface area contributed by atoms with Crippen LogP contribution >= 0.6 is 11.6 Å². The van der Waals surface area contributed by atoms with Gasteiger partial charge in [0, 0.05) is 24.2 Å². The first-order valence-electron chi connectivity index (χ1n) is 6.90. The largest absolute Gasteiger partial charge is 0.389 e. The number of hydrogen-bond donors (Lipinski definition) is 2. The Hall–Kier alpha value is -0.610. The molecule has 0 aromatic heterocycles. The average molecular weight is 284 g/mol. The third-order valence-corrected chi connectivity index (χ3v) is 3.60. The summed E-state index contributed by atoms with van der Waals surface area (Å²) >= 11 is 5.96. The summed E-state index contributed by atoms with van der Waals surface area (Å²) in [7, 11) is 0. The molecule has 106 valence electrons. The van der Waals surface area contributed by atoms with Crippen LogP contribution < -0.4 is 5.32 Å². The first-order chi connectivity index (χ1) is 9.15. The highest BCUT2D eigenvalue weighted by molar-refractivity contribution is 6.30. The van der Waals surface area contributed by atoms with Gasteiger partial charge in [0.1, 0.15) is 0 Å². The molecular formula is C15H22ClNO2. The number of benzene rings is 1. The molecule has 4 heteroatoms. The van der Waals surface area contributed by atoms with Gasteiger partial charge in [0.15, 0.2) is 0 Å². The Morgan fingerprint density at radius 2 is 2.26 bits per heavy atom. The zero-order chi connectivity index (χ0) is 13.7. The molecular weight excluding hydrogens is 262 g/mol. The lowest BCUT2D eigenvalue weighted by molar-refractivity contribution is 0.0315. The number of aliphatic hydroxyl groups is 1. The monoisotopic (exact) mass is 283 g/mol. The van der Waals surface area contributed by atoms with Gasteiger partial charge in [-0.3, -0.25) is 0 Å². The van der Waals surface area contributed by atoms with Crippen LogP contribution in [0.1, 0.15) is 31.4 Å². The third-order valence-electron chi connectivity index (χ3n) is 3.37. The lowest BCUT2D eigenvalue weighted by Crippen LogP contribution is -2.32. The van der Waals surface area contributed by atoms with Crippen LogP contribution in [-0.4, -0.2) is 31.0 Å². The van der Waals surface area contributed by atoms with Gasteiger partial charge in [-0.2, -0.15) is 0 Å². The number of hydrogen-bond acceptors (Lipinski definition) is 3. The Bertz CT molecular complexity index is 395. The lowest BCUT2D eigenvalue weighted by Gasteiger charge is -2.17. The Kier molecular flexibility index (Phi) is 5.64. The van der Waals surface area contributed by atoms with Crippen LogP contribution in [0.5, 0.6) is 0 Å². The molecule has 0 bridgehead atoms. The number of aliphatic hydroxyl groups excluding tert-OH is 1. The van der Waals surface area contributed by atoms with E-state index in [0.717, 1.165) is 23.1 Å². The maximum atomic E-state index is 9.82. The van der Waals surface area contributed by atoms with Crippen LogP contribution in [0.4, 0.5) is 0 Å². The Morgan fingerprint density at radius 3 is 2.95 bits per heavy atom. The maximum Gasteiger partial charge on any atom is 0.0897 e. The van der Waals surface area contributed by atoms with Crippen LogP contribution in [0, 0.1) is 5.92 Å². The Morgan fingerprint density at radius 1 is 1.47 bits per heavy atom. The van der Waals surface area contributed by atoms with Crippen molar-refractivity contribution in [1.29, 1.82) is 0 Å². The first kappa shape index (κ1) is 14.8. The van der Waals surface area contributed by atoms with E-state index < -0.39 is 6.10 Å². The van der Waals surface area contributed by atoms with Gasteiger partial charge < -0.3 is 15.2 Å². The summed E-state index contributed by atoms with van der Waals surface area (Å²) in [5.74, 6) is 0.741. The molecule has 3 nitrogen and oxygen atoms in total. The molecule has 0 heterocycles. The molecule has 0 saturated heterocycles. The van der Waals surface area contributed by atoms with Crippen molar-refractivity contribution in [2.45, 2.75) is 31.9 Å². The summed E-state index contributed by atoms with van der Waals surface area (Å²) in [5.41, 5.74) is 1.12. The van der Waals surface area contributed by atoms with Crippen LogP contribution in [0.2, 0.25) is 5.02 Å². The number of nitrogens with one attached hydrogen (secondary N) is 1. The van der Waals surface area contributed by atoms with E-state index in [1.54, 1.807) is 0 Å². The standard InChI is InChI=1S/C15H22ClNO2/c1-11(13-3-2-4-14(16)7-13)17-8-15(18)10-19-9-12-5-6-12/h2-4,7,11-12,15,17-18H,5-6,8-10H2,1H3/t11-,15?/m1/s1. The van der Waals surface area contributed by atoms with E-state index in [1.807, 2.05) is 24.3 Å². The topological polar surface area (TPSA) is 41.5 Å². The molecule has 1 fully saturated rings. The first-order valence-corrected chi connectivity index (χ1v) is 7.27. The Balaban J connectivity index is 1.65. The summed E-state index contributed by atoms with van der Waals surface area (Å²) in [6, 6.07) is 7.93. The molecule has 0 radical (unpaired) electrons. The van der Waals surface area contributed by atoms with Crippen LogP contribution in [-0.2, 0) is 4.74 Å². The van der Waals surface area contributed by atoms with Gasteiger partial charge in [-0.15, -0.1) is 0 Å². The van der Waals surface area contributed by atoms with E-state index in [1.165, 1.54) is 12.8 Å². The molecule has 1 aliphatic carbocycles. The minimum absolute atomic E-state index is 0.164. The highest BCUT2D eigenvalue weighted by Crippen LogP contribution is 2.28. The highest BCUT2D eigenvalue weighted by Gasteiger charge is 2.21. The normalized spacial score (nSPS) is 18.3. The molecule has 1 saturated carbocycles. The second-order valence-corrected chi connectivity index (χ2v) is 5.76. The second-order valence-electron chi connectivity index (χ2n) is 5.32. The van der Waals surface area contributed by atoms with E-state index in [0.29, 0.717) is 13.2 Å². The lowest BCUT2D eigenvalue weighted by atomic mass is 10.1. The molecule has 19 heavy (non-hydrogen) atoms. The summed E-state index contributed by atoms with van der Waals surface area (Å²) in [6.07, 6.45) is 2.10. The van der Waals surface area contributed by atoms with Crippen molar-refractivity contribution in [1.82, 2.24) is 5.32 Å². The fraction of sp³-hybridized carbons (Fsp3) is 0.600. The molecule has 0 aliphatic heterocycles. The third kappa shape index (κ3) is 5.49. The maximum absolute atomic E-state index is 9.82. The highest BCUT2D eigenvalue weighted by atomic mass is 35.5. The molecule has 2 rings (SSSR count). The molecule has 0 amide bonds. The molecule has 1 aromatic rings. The molecule has 2 atom stereocenters. The van der Waals surface area contributed by atoms with Crippen molar-refractivity contribution in [2.24, 2.45) is 5.92 Å². The van der Waals surface area contributed by atoms with Crippen LogP contribution in [0.15, 0.2) is 24.3 Å². The van der Waals surface area contributed by atoms with Gasteiger partial charge in [-0.25, -0.2) is 0 Å². The fourth-order valence-electron chi connectivity index (χ4n) is 1.92. The van der Waals surface area contributed by atoms with E-state index in [9.17, 15) is 5.11 Å². The van der Waals surface area contributed by atoms with Gasteiger partial charge in [0.05, 0.1) is 12.7 Å². The van der Waals surface area contributed by atoms with Gasteiger partial charge in [-0.1, -0.05) is 23.7 Å². The molecule has 1 aliphatic rings. The summed E-state index contributed by atoms with van der Waals surface area (Å²) < 4.78 is 5.47. The Labute approximate surface area is 119 Å². The van der Waals surface area contributed by atoms with Crippen molar-refractivity contribution < 1.29 is 9.84 Å². The zero-order valence-corrected chi connectivity index (χ0v) is 12.1. The quantitative estimate of drug-likeness (QED) is 0.771. The smallest absolute Gasteiger partial charge is 0.0897 e. The predicted molar refractivity (Wildman–Crippen MR) is 77.4 cm³/mol. The van der Waals surface area contributed by atoms with E-state index >= 15 is 0 Å². The van der Waals surface area contributed by atoms with Gasteiger partial charge in [0.2, 0.25) is 0 Å². The molecule has 0 spiro atoms. The van der Waals surface area contributed by atoms with Crippen molar-refractivity contribution in [3.63, 3.8) is 0 Å². The molecule has 1 aromatic carbocycles. The fourth-order valence-corrected chi connectivity index (χ4v) is 2.12. The average Bonchev–Trinajstić information content (AvgIpc) is 3.20. The van der Waals surface area contributed by atoms with Gasteiger partial charge in [-0.05, 0) is 43.4 Å². The molecule has 2 N–H and O–H groups in total.